The number of carbonyl (C=O) groups is 1. The van der Waals surface area contributed by atoms with Crippen molar-refractivity contribution >= 4 is 50.1 Å². The van der Waals surface area contributed by atoms with Gasteiger partial charge in [0.1, 0.15) is 4.32 Å². The van der Waals surface area contributed by atoms with E-state index in [9.17, 15) is 4.79 Å². The monoisotopic (exact) mass is 365 g/mol. The highest BCUT2D eigenvalue weighted by Gasteiger charge is 2.46. The molecule has 4 heteroatoms. The van der Waals surface area contributed by atoms with Crippen LogP contribution < -0.4 is 4.90 Å². The Labute approximate surface area is 105 Å². The number of hydrogen-bond donors (Lipinski definition) is 0. The molecule has 0 N–H and O–H groups in total. The van der Waals surface area contributed by atoms with E-state index in [1.165, 1.54) is 3.57 Å². The van der Waals surface area contributed by atoms with Crippen LogP contribution in [-0.4, -0.2) is 16.8 Å². The Bertz CT molecular complexity index is 374. The van der Waals surface area contributed by atoms with Crippen molar-refractivity contribution in [1.29, 1.82) is 0 Å². The van der Waals surface area contributed by atoms with Crippen molar-refractivity contribution in [2.24, 2.45) is 0 Å². The lowest BCUT2D eigenvalue weighted by atomic mass is 10.00. The van der Waals surface area contributed by atoms with Crippen LogP contribution in [-0.2, 0) is 4.79 Å². The SMILES string of the molecule is CC1(Br)CN(c2ccc(I)cc2)C1=O. The number of amides is 1. The zero-order valence-corrected chi connectivity index (χ0v) is 11.4. The number of benzene rings is 1. The minimum absolute atomic E-state index is 0.138. The number of carbonyl (C=O) groups excluding carboxylic acids is 1. The maximum absolute atomic E-state index is 11.6. The molecule has 1 aromatic rings. The largest absolute Gasteiger partial charge is 0.309 e. The van der Waals surface area contributed by atoms with Crippen LogP contribution >= 0.6 is 38.5 Å². The van der Waals surface area contributed by atoms with E-state index in [2.05, 4.69) is 38.5 Å². The zero-order chi connectivity index (χ0) is 10.3. The summed E-state index contributed by atoms with van der Waals surface area (Å²) in [6.45, 7) is 2.64. The quantitative estimate of drug-likeness (QED) is 0.425. The first-order chi connectivity index (χ1) is 6.50. The molecule has 0 saturated carbocycles. The van der Waals surface area contributed by atoms with E-state index >= 15 is 0 Å². The van der Waals surface area contributed by atoms with Crippen LogP contribution in [0.25, 0.3) is 0 Å². The number of anilines is 1. The lowest BCUT2D eigenvalue weighted by molar-refractivity contribution is -0.124. The average molecular weight is 366 g/mol. The van der Waals surface area contributed by atoms with E-state index in [1.807, 2.05) is 31.2 Å². The molecule has 74 valence electrons. The van der Waals surface area contributed by atoms with Crippen LogP contribution in [0.3, 0.4) is 0 Å². The molecule has 1 amide bonds. The molecule has 0 aromatic heterocycles. The summed E-state index contributed by atoms with van der Waals surface area (Å²) >= 11 is 5.64. The molecule has 0 radical (unpaired) electrons. The van der Waals surface area contributed by atoms with Gasteiger partial charge >= 0.3 is 0 Å². The summed E-state index contributed by atoms with van der Waals surface area (Å²) < 4.78 is 0.830. The molecule has 1 aliphatic rings. The van der Waals surface area contributed by atoms with E-state index < -0.39 is 0 Å². The van der Waals surface area contributed by atoms with Crippen molar-refractivity contribution < 1.29 is 4.79 Å². The summed E-state index contributed by atoms with van der Waals surface area (Å²) in [4.78, 5) is 13.4. The number of hydrogen-bond acceptors (Lipinski definition) is 1. The first-order valence-electron chi connectivity index (χ1n) is 4.27. The van der Waals surface area contributed by atoms with Gasteiger partial charge in [0, 0.05) is 15.8 Å². The lowest BCUT2D eigenvalue weighted by Gasteiger charge is -2.42. The van der Waals surface area contributed by atoms with E-state index in [0.717, 1.165) is 12.2 Å². The molecule has 1 aromatic carbocycles. The van der Waals surface area contributed by atoms with Crippen molar-refractivity contribution in [3.63, 3.8) is 0 Å². The summed E-state index contributed by atoms with van der Waals surface area (Å²) in [5.74, 6) is 0.138. The maximum atomic E-state index is 11.6. The molecule has 0 bridgehead atoms. The minimum Gasteiger partial charge on any atom is -0.309 e. The van der Waals surface area contributed by atoms with Gasteiger partial charge in [-0.15, -0.1) is 0 Å². The fourth-order valence-electron chi connectivity index (χ4n) is 1.46. The smallest absolute Gasteiger partial charge is 0.245 e. The Morgan fingerprint density at radius 3 is 2.43 bits per heavy atom. The van der Waals surface area contributed by atoms with Crippen LogP contribution in [0.5, 0.6) is 0 Å². The number of β-lactam (4-membered cyclic amide) rings is 1. The van der Waals surface area contributed by atoms with Gasteiger partial charge in [-0.25, -0.2) is 0 Å². The van der Waals surface area contributed by atoms with Crippen LogP contribution in [0.2, 0.25) is 0 Å². The summed E-state index contributed by atoms with van der Waals surface area (Å²) in [7, 11) is 0. The van der Waals surface area contributed by atoms with E-state index in [-0.39, 0.29) is 10.2 Å². The Balaban J connectivity index is 2.20. The first kappa shape index (κ1) is 10.4. The Kier molecular flexibility index (Phi) is 2.59. The van der Waals surface area contributed by atoms with Gasteiger partial charge in [-0.05, 0) is 53.8 Å². The van der Waals surface area contributed by atoms with Gasteiger partial charge in [-0.2, -0.15) is 0 Å². The van der Waals surface area contributed by atoms with Crippen LogP contribution in [0.15, 0.2) is 24.3 Å². The van der Waals surface area contributed by atoms with Gasteiger partial charge in [0.05, 0.1) is 0 Å². The number of rotatable bonds is 1. The predicted molar refractivity (Wildman–Crippen MR) is 68.8 cm³/mol. The normalized spacial score (nSPS) is 26.2. The van der Waals surface area contributed by atoms with Gasteiger partial charge in [-0.1, -0.05) is 15.9 Å². The second kappa shape index (κ2) is 3.48. The Morgan fingerprint density at radius 1 is 1.43 bits per heavy atom. The van der Waals surface area contributed by atoms with E-state index in [0.29, 0.717) is 0 Å². The number of alkyl halides is 1. The Hall–Kier alpha value is -0.100. The summed E-state index contributed by atoms with van der Waals surface area (Å²) in [5.41, 5.74) is 0.979. The molecular weight excluding hydrogens is 357 g/mol. The fraction of sp³-hybridized carbons (Fsp3) is 0.300. The van der Waals surface area contributed by atoms with Gasteiger partial charge in [0.15, 0.2) is 0 Å². The molecule has 14 heavy (non-hydrogen) atoms. The molecule has 1 aliphatic heterocycles. The standard InChI is InChI=1S/C10H9BrINO/c1-10(11)6-13(9(10)14)8-4-2-7(12)3-5-8/h2-5H,6H2,1H3. The highest BCUT2D eigenvalue weighted by Crippen LogP contribution is 2.35. The van der Waals surface area contributed by atoms with Gasteiger partial charge in [0.2, 0.25) is 5.91 Å². The molecule has 1 fully saturated rings. The summed E-state index contributed by atoms with van der Waals surface area (Å²) in [5, 5.41) is 0. The summed E-state index contributed by atoms with van der Waals surface area (Å²) in [6.07, 6.45) is 0. The van der Waals surface area contributed by atoms with E-state index in [1.54, 1.807) is 4.90 Å². The number of halogens is 2. The third-order valence-electron chi connectivity index (χ3n) is 2.28. The van der Waals surface area contributed by atoms with Crippen LogP contribution in [0.1, 0.15) is 6.92 Å². The molecular formula is C10H9BrINO. The Morgan fingerprint density at radius 2 is 2.00 bits per heavy atom. The minimum atomic E-state index is -0.351. The highest BCUT2D eigenvalue weighted by molar-refractivity contribution is 14.1. The van der Waals surface area contributed by atoms with Crippen molar-refractivity contribution in [2.45, 2.75) is 11.2 Å². The van der Waals surface area contributed by atoms with Crippen molar-refractivity contribution in [3.05, 3.63) is 27.8 Å². The third-order valence-corrected chi connectivity index (χ3v) is 3.59. The predicted octanol–water partition coefficient (Wildman–Crippen LogP) is 2.79. The molecule has 1 unspecified atom stereocenters. The first-order valence-corrected chi connectivity index (χ1v) is 6.14. The number of nitrogens with zero attached hydrogens (tertiary/aromatic N) is 1. The second-order valence-electron chi connectivity index (χ2n) is 3.57. The van der Waals surface area contributed by atoms with Gasteiger partial charge < -0.3 is 4.90 Å². The van der Waals surface area contributed by atoms with Crippen molar-refractivity contribution in [2.75, 3.05) is 11.4 Å². The van der Waals surface area contributed by atoms with Crippen LogP contribution in [0, 0.1) is 3.57 Å². The third kappa shape index (κ3) is 1.69. The average Bonchev–Trinajstić information content (AvgIpc) is 2.16. The summed E-state index contributed by atoms with van der Waals surface area (Å²) in [6, 6.07) is 7.96. The highest BCUT2D eigenvalue weighted by atomic mass is 127. The molecule has 1 heterocycles. The molecule has 1 atom stereocenters. The lowest BCUT2D eigenvalue weighted by Crippen LogP contribution is -2.61. The van der Waals surface area contributed by atoms with Crippen molar-refractivity contribution in [1.82, 2.24) is 0 Å². The van der Waals surface area contributed by atoms with Crippen LogP contribution in [0.4, 0.5) is 5.69 Å². The second-order valence-corrected chi connectivity index (χ2v) is 6.56. The maximum Gasteiger partial charge on any atom is 0.245 e. The molecule has 0 spiro atoms. The topological polar surface area (TPSA) is 20.3 Å². The molecule has 0 aliphatic carbocycles. The molecule has 2 rings (SSSR count). The zero-order valence-electron chi connectivity index (χ0n) is 7.63. The van der Waals surface area contributed by atoms with Crippen molar-refractivity contribution in [3.8, 4) is 0 Å². The van der Waals surface area contributed by atoms with E-state index in [4.69, 9.17) is 0 Å². The fourth-order valence-corrected chi connectivity index (χ4v) is 2.28. The molecule has 1 saturated heterocycles. The van der Waals surface area contributed by atoms with Gasteiger partial charge in [-0.3, -0.25) is 4.79 Å². The molecule has 2 nitrogen and oxygen atoms in total. The van der Waals surface area contributed by atoms with Gasteiger partial charge in [0.25, 0.3) is 0 Å².